The quantitative estimate of drug-likeness (QED) is 0.376. The molecule has 4 rings (SSSR count). The summed E-state index contributed by atoms with van der Waals surface area (Å²) >= 11 is 0. The minimum absolute atomic E-state index is 0.100. The summed E-state index contributed by atoms with van der Waals surface area (Å²) in [6, 6.07) is 17.8. The average Bonchev–Trinajstić information content (AvgIpc) is 2.87. The molecule has 184 valence electrons. The van der Waals surface area contributed by atoms with Crippen molar-refractivity contribution in [2.75, 3.05) is 25.5 Å². The molecule has 0 aliphatic carbocycles. The number of rotatable bonds is 7. The van der Waals surface area contributed by atoms with Crippen LogP contribution in [0.25, 0.3) is 10.8 Å². The maximum Gasteiger partial charge on any atom is 0.293 e. The number of nitrogens with zero attached hydrogens (tertiary/aromatic N) is 2. The fourth-order valence-corrected chi connectivity index (χ4v) is 5.92. The largest absolute Gasteiger partial charge is 0.383 e. The van der Waals surface area contributed by atoms with Gasteiger partial charge in [0.05, 0.1) is 15.9 Å². The molecule has 0 saturated carbocycles. The van der Waals surface area contributed by atoms with E-state index < -0.39 is 14.9 Å². The zero-order valence-corrected chi connectivity index (χ0v) is 20.4. The second-order valence-corrected chi connectivity index (χ2v) is 10.6. The van der Waals surface area contributed by atoms with E-state index in [2.05, 4.69) is 16.7 Å². The number of nitro benzene ring substituents is 1. The van der Waals surface area contributed by atoms with Gasteiger partial charge in [0.25, 0.3) is 5.69 Å². The molecule has 0 unspecified atom stereocenters. The molecule has 0 aromatic heterocycles. The maximum absolute atomic E-state index is 13.1. The molecule has 9 nitrogen and oxygen atoms in total. The number of benzene rings is 3. The number of carbonyl (C=O) groups excluding carboxylic acids is 1. The van der Waals surface area contributed by atoms with Gasteiger partial charge in [0.15, 0.2) is 0 Å². The average molecular weight is 497 g/mol. The predicted molar refractivity (Wildman–Crippen MR) is 135 cm³/mol. The van der Waals surface area contributed by atoms with Crippen molar-refractivity contribution in [2.24, 2.45) is 5.92 Å². The van der Waals surface area contributed by atoms with Crippen LogP contribution in [0.2, 0.25) is 0 Å². The van der Waals surface area contributed by atoms with E-state index in [-0.39, 0.29) is 47.2 Å². The SMILES string of the molecule is CNc1ccc(S(=O)(=O)N2CCC(C(=O)N[C@@H](C)c3ccc4ccccc4c3)CC2)cc1[N+](=O)[O-]. The van der Waals surface area contributed by atoms with Gasteiger partial charge in [-0.1, -0.05) is 36.4 Å². The minimum atomic E-state index is -3.91. The Hall–Kier alpha value is -3.50. The number of hydrogen-bond donors (Lipinski definition) is 2. The molecule has 2 N–H and O–H groups in total. The van der Waals surface area contributed by atoms with Gasteiger partial charge in [-0.3, -0.25) is 14.9 Å². The van der Waals surface area contributed by atoms with Gasteiger partial charge in [-0.25, -0.2) is 8.42 Å². The Morgan fingerprint density at radius 3 is 2.40 bits per heavy atom. The fraction of sp³-hybridized carbons (Fsp3) is 0.320. The highest BCUT2D eigenvalue weighted by Gasteiger charge is 2.33. The first-order valence-electron chi connectivity index (χ1n) is 11.5. The van der Waals surface area contributed by atoms with Crippen LogP contribution in [0.1, 0.15) is 31.4 Å². The van der Waals surface area contributed by atoms with E-state index in [9.17, 15) is 23.3 Å². The van der Waals surface area contributed by atoms with Crippen LogP contribution in [0.3, 0.4) is 0 Å². The molecular weight excluding hydrogens is 468 g/mol. The summed E-state index contributed by atoms with van der Waals surface area (Å²) in [6.07, 6.45) is 0.762. The number of sulfonamides is 1. The molecule has 0 spiro atoms. The van der Waals surface area contributed by atoms with Crippen molar-refractivity contribution < 1.29 is 18.1 Å². The highest BCUT2D eigenvalue weighted by molar-refractivity contribution is 7.89. The van der Waals surface area contributed by atoms with Gasteiger partial charge in [-0.15, -0.1) is 0 Å². The number of nitro groups is 1. The summed E-state index contributed by atoms with van der Waals surface area (Å²) in [5.41, 5.74) is 0.944. The first kappa shape index (κ1) is 24.6. The highest BCUT2D eigenvalue weighted by Crippen LogP contribution is 2.31. The molecule has 1 heterocycles. The van der Waals surface area contributed by atoms with Crippen LogP contribution in [0.5, 0.6) is 0 Å². The topological polar surface area (TPSA) is 122 Å². The number of piperidine rings is 1. The van der Waals surface area contributed by atoms with E-state index in [1.165, 1.54) is 23.5 Å². The molecular formula is C25H28N4O5S. The first-order valence-corrected chi connectivity index (χ1v) is 12.9. The van der Waals surface area contributed by atoms with Crippen molar-refractivity contribution >= 4 is 38.1 Å². The van der Waals surface area contributed by atoms with E-state index in [1.807, 2.05) is 43.3 Å². The van der Waals surface area contributed by atoms with E-state index >= 15 is 0 Å². The zero-order valence-electron chi connectivity index (χ0n) is 19.6. The molecule has 1 atom stereocenters. The van der Waals surface area contributed by atoms with Gasteiger partial charge in [0, 0.05) is 32.1 Å². The van der Waals surface area contributed by atoms with Crippen molar-refractivity contribution in [3.05, 3.63) is 76.3 Å². The number of anilines is 1. The predicted octanol–water partition coefficient (Wildman–Crippen LogP) is 4.07. The third-order valence-corrected chi connectivity index (χ3v) is 8.42. The standard InChI is InChI=1S/C25H28N4O5S/c1-17(20-8-7-18-5-3-4-6-21(18)15-20)27-25(30)19-11-13-28(14-12-19)35(33,34)22-9-10-23(26-2)24(16-22)29(31)32/h3-10,15-17,19,26H,11-14H2,1-2H3,(H,27,30)/t17-/m0/s1. The summed E-state index contributed by atoms with van der Waals surface area (Å²) in [7, 11) is -2.37. The van der Waals surface area contributed by atoms with Crippen LogP contribution in [0.15, 0.2) is 65.6 Å². The Balaban J connectivity index is 1.40. The van der Waals surface area contributed by atoms with Crippen LogP contribution in [-0.2, 0) is 14.8 Å². The summed E-state index contributed by atoms with van der Waals surface area (Å²) in [5.74, 6) is -0.401. The van der Waals surface area contributed by atoms with Crippen LogP contribution < -0.4 is 10.6 Å². The lowest BCUT2D eigenvalue weighted by molar-refractivity contribution is -0.384. The summed E-state index contributed by atoms with van der Waals surface area (Å²) in [6.45, 7) is 2.28. The molecule has 35 heavy (non-hydrogen) atoms. The van der Waals surface area contributed by atoms with Crippen molar-refractivity contribution in [3.8, 4) is 0 Å². The molecule has 1 saturated heterocycles. The maximum atomic E-state index is 13.1. The Morgan fingerprint density at radius 1 is 1.06 bits per heavy atom. The molecule has 1 aliphatic heterocycles. The second kappa shape index (κ2) is 10.0. The number of carbonyl (C=O) groups is 1. The Bertz CT molecular complexity index is 1370. The lowest BCUT2D eigenvalue weighted by atomic mass is 9.96. The Morgan fingerprint density at radius 2 is 1.74 bits per heavy atom. The van der Waals surface area contributed by atoms with Gasteiger partial charge >= 0.3 is 0 Å². The number of nitrogens with one attached hydrogen (secondary N) is 2. The van der Waals surface area contributed by atoms with Crippen LogP contribution in [0, 0.1) is 16.0 Å². The van der Waals surface area contributed by atoms with E-state index in [0.717, 1.165) is 22.4 Å². The number of hydrogen-bond acceptors (Lipinski definition) is 6. The fourth-order valence-electron chi connectivity index (χ4n) is 4.43. The summed E-state index contributed by atoms with van der Waals surface area (Å²) in [4.78, 5) is 23.5. The molecule has 0 radical (unpaired) electrons. The van der Waals surface area contributed by atoms with Gasteiger partial charge in [-0.05, 0) is 54.3 Å². The minimum Gasteiger partial charge on any atom is -0.383 e. The van der Waals surface area contributed by atoms with Gasteiger partial charge in [-0.2, -0.15) is 4.31 Å². The zero-order chi connectivity index (χ0) is 25.2. The van der Waals surface area contributed by atoms with E-state index in [1.54, 1.807) is 0 Å². The van der Waals surface area contributed by atoms with Crippen molar-refractivity contribution in [2.45, 2.75) is 30.7 Å². The second-order valence-electron chi connectivity index (χ2n) is 8.70. The highest BCUT2D eigenvalue weighted by atomic mass is 32.2. The molecule has 1 fully saturated rings. The third kappa shape index (κ3) is 5.13. The Kier molecular flexibility index (Phi) is 7.04. The molecule has 3 aromatic carbocycles. The lowest BCUT2D eigenvalue weighted by Gasteiger charge is -2.31. The van der Waals surface area contributed by atoms with Gasteiger partial charge in [0.2, 0.25) is 15.9 Å². The number of amides is 1. The van der Waals surface area contributed by atoms with Crippen LogP contribution >= 0.6 is 0 Å². The van der Waals surface area contributed by atoms with E-state index in [4.69, 9.17) is 0 Å². The normalized spacial score (nSPS) is 16.1. The smallest absolute Gasteiger partial charge is 0.293 e. The van der Waals surface area contributed by atoms with Crippen molar-refractivity contribution in [1.29, 1.82) is 0 Å². The third-order valence-electron chi connectivity index (χ3n) is 6.53. The number of fused-ring (bicyclic) bond motifs is 1. The molecule has 3 aromatic rings. The molecule has 1 amide bonds. The van der Waals surface area contributed by atoms with Crippen LogP contribution in [-0.4, -0.2) is 43.7 Å². The van der Waals surface area contributed by atoms with Gasteiger partial charge in [0.1, 0.15) is 5.69 Å². The molecule has 0 bridgehead atoms. The Labute approximate surface area is 204 Å². The monoisotopic (exact) mass is 496 g/mol. The summed E-state index contributed by atoms with van der Waals surface area (Å²) in [5, 5.41) is 19.3. The molecule has 10 heteroatoms. The molecule has 1 aliphatic rings. The first-order chi connectivity index (χ1) is 16.7. The summed E-state index contributed by atoms with van der Waals surface area (Å²) < 4.78 is 27.5. The van der Waals surface area contributed by atoms with Crippen molar-refractivity contribution in [1.82, 2.24) is 9.62 Å². The van der Waals surface area contributed by atoms with Gasteiger partial charge < -0.3 is 10.6 Å². The van der Waals surface area contributed by atoms with Crippen LogP contribution in [0.4, 0.5) is 11.4 Å². The lowest BCUT2D eigenvalue weighted by Crippen LogP contribution is -2.43. The van der Waals surface area contributed by atoms with E-state index in [0.29, 0.717) is 12.8 Å². The van der Waals surface area contributed by atoms with Crippen molar-refractivity contribution in [3.63, 3.8) is 0 Å².